The number of rotatable bonds is 8. The molecular weight excluding hydrogens is 464 g/mol. The zero-order valence-corrected chi connectivity index (χ0v) is 19.9. The molecule has 9 heteroatoms. The highest BCUT2D eigenvalue weighted by atomic mass is 32.2. The summed E-state index contributed by atoms with van der Waals surface area (Å²) in [7, 11) is -3.71. The van der Waals surface area contributed by atoms with E-state index >= 15 is 0 Å². The largest absolute Gasteiger partial charge is 0.459 e. The van der Waals surface area contributed by atoms with Crippen LogP contribution >= 0.6 is 0 Å². The monoisotopic (exact) mass is 490 g/mol. The molecular formula is C26H26N4O4S. The molecule has 3 heterocycles. The number of aromatic nitrogens is 1. The molecule has 2 aromatic heterocycles. The molecule has 0 radical (unpaired) electrons. The first-order chi connectivity index (χ1) is 17.0. The Hall–Kier alpha value is -3.69. The van der Waals surface area contributed by atoms with E-state index in [1.165, 1.54) is 10.4 Å². The van der Waals surface area contributed by atoms with Gasteiger partial charge in [0, 0.05) is 35.9 Å². The predicted molar refractivity (Wildman–Crippen MR) is 133 cm³/mol. The fourth-order valence-corrected chi connectivity index (χ4v) is 5.74. The number of fused-ring (bicyclic) bond motifs is 1. The Bertz CT molecular complexity index is 1410. The van der Waals surface area contributed by atoms with Crippen LogP contribution in [0.1, 0.15) is 34.7 Å². The third-order valence-corrected chi connectivity index (χ3v) is 7.85. The second-order valence-corrected chi connectivity index (χ2v) is 10.4. The maximum atomic E-state index is 13.3. The summed E-state index contributed by atoms with van der Waals surface area (Å²) in [6.07, 6.45) is 3.33. The van der Waals surface area contributed by atoms with Crippen LogP contribution in [0.15, 0.2) is 82.2 Å². The summed E-state index contributed by atoms with van der Waals surface area (Å²) >= 11 is 0. The van der Waals surface area contributed by atoms with E-state index in [2.05, 4.69) is 15.6 Å². The molecule has 0 bridgehead atoms. The third kappa shape index (κ3) is 5.21. The molecule has 0 unspecified atom stereocenters. The number of anilines is 1. The molecule has 0 aliphatic carbocycles. The summed E-state index contributed by atoms with van der Waals surface area (Å²) in [5.74, 6) is 0.334. The van der Waals surface area contributed by atoms with Crippen LogP contribution in [-0.2, 0) is 23.1 Å². The molecule has 0 spiro atoms. The number of hydrogen-bond acceptors (Lipinski definition) is 6. The zero-order valence-electron chi connectivity index (χ0n) is 19.1. The van der Waals surface area contributed by atoms with Crippen LogP contribution in [-0.4, -0.2) is 36.7 Å². The van der Waals surface area contributed by atoms with Crippen molar-refractivity contribution >= 4 is 32.6 Å². The zero-order chi connectivity index (χ0) is 24.3. The topological polar surface area (TPSA) is 105 Å². The molecule has 1 fully saturated rings. The number of carbonyl (C=O) groups is 1. The quantitative estimate of drug-likeness (QED) is 0.384. The van der Waals surface area contributed by atoms with E-state index in [1.54, 1.807) is 24.4 Å². The Morgan fingerprint density at radius 1 is 0.971 bits per heavy atom. The first kappa shape index (κ1) is 23.1. The predicted octanol–water partition coefficient (Wildman–Crippen LogP) is 4.15. The van der Waals surface area contributed by atoms with Crippen LogP contribution in [0.25, 0.3) is 11.0 Å². The second-order valence-electron chi connectivity index (χ2n) is 8.47. The van der Waals surface area contributed by atoms with Gasteiger partial charge in [-0.05, 0) is 55.3 Å². The van der Waals surface area contributed by atoms with Gasteiger partial charge in [-0.25, -0.2) is 8.42 Å². The third-order valence-electron chi connectivity index (χ3n) is 5.97. The van der Waals surface area contributed by atoms with E-state index in [0.717, 1.165) is 23.8 Å². The number of sulfonamides is 1. The number of pyridine rings is 1. The molecule has 0 saturated carbocycles. The van der Waals surface area contributed by atoms with Gasteiger partial charge in [-0.1, -0.05) is 24.3 Å². The summed E-state index contributed by atoms with van der Waals surface area (Å²) in [5.41, 5.74) is 2.27. The first-order valence-corrected chi connectivity index (χ1v) is 13.0. The Morgan fingerprint density at radius 2 is 1.77 bits per heavy atom. The summed E-state index contributed by atoms with van der Waals surface area (Å²) in [6, 6.07) is 19.8. The first-order valence-electron chi connectivity index (χ1n) is 11.5. The molecule has 1 saturated heterocycles. The van der Waals surface area contributed by atoms with Gasteiger partial charge in [-0.2, -0.15) is 4.31 Å². The van der Waals surface area contributed by atoms with Crippen molar-refractivity contribution in [1.29, 1.82) is 0 Å². The molecule has 0 atom stereocenters. The van der Waals surface area contributed by atoms with E-state index in [4.69, 9.17) is 4.42 Å². The molecule has 1 aliphatic heterocycles. The molecule has 2 N–H and O–H groups in total. The molecule has 5 rings (SSSR count). The van der Waals surface area contributed by atoms with E-state index in [-0.39, 0.29) is 22.9 Å². The molecule has 1 aliphatic rings. The summed E-state index contributed by atoms with van der Waals surface area (Å²) < 4.78 is 33.9. The number of furan rings is 1. The lowest BCUT2D eigenvalue weighted by atomic mass is 10.1. The van der Waals surface area contributed by atoms with Crippen molar-refractivity contribution in [3.8, 4) is 0 Å². The summed E-state index contributed by atoms with van der Waals surface area (Å²) in [4.78, 5) is 17.3. The van der Waals surface area contributed by atoms with Gasteiger partial charge < -0.3 is 15.1 Å². The highest BCUT2D eigenvalue weighted by Crippen LogP contribution is 2.26. The normalized spacial score (nSPS) is 14.3. The van der Waals surface area contributed by atoms with E-state index in [1.807, 2.05) is 42.5 Å². The van der Waals surface area contributed by atoms with Crippen LogP contribution in [0.4, 0.5) is 5.69 Å². The number of benzene rings is 2. The summed E-state index contributed by atoms with van der Waals surface area (Å²) in [6.45, 7) is 1.56. The van der Waals surface area contributed by atoms with Gasteiger partial charge in [-0.3, -0.25) is 9.78 Å². The molecule has 180 valence electrons. The van der Waals surface area contributed by atoms with Gasteiger partial charge in [0.2, 0.25) is 10.0 Å². The Labute approximate surface area is 204 Å². The van der Waals surface area contributed by atoms with Crippen molar-refractivity contribution in [2.45, 2.75) is 30.8 Å². The highest BCUT2D eigenvalue weighted by Gasteiger charge is 2.28. The minimum Gasteiger partial charge on any atom is -0.459 e. The van der Waals surface area contributed by atoms with Gasteiger partial charge in [-0.15, -0.1) is 0 Å². The van der Waals surface area contributed by atoms with Crippen molar-refractivity contribution in [2.75, 3.05) is 18.4 Å². The van der Waals surface area contributed by atoms with Crippen molar-refractivity contribution in [2.24, 2.45) is 0 Å². The van der Waals surface area contributed by atoms with Crippen LogP contribution in [0, 0.1) is 0 Å². The van der Waals surface area contributed by atoms with Crippen molar-refractivity contribution in [3.63, 3.8) is 0 Å². The number of nitrogens with zero attached hydrogens (tertiary/aromatic N) is 2. The maximum Gasteiger partial charge on any atom is 0.251 e. The average molecular weight is 491 g/mol. The fraction of sp³-hybridized carbons (Fsp3) is 0.231. The average Bonchev–Trinajstić information content (AvgIpc) is 3.57. The number of para-hydroxylation sites is 1. The van der Waals surface area contributed by atoms with Gasteiger partial charge >= 0.3 is 0 Å². The standard InChI is InChI=1S/C26H26N4O4S/c31-26(29-17-21-8-3-4-10-27-21)20-13-22(16-24(15-20)35(32,33)30-11-5-6-12-30)28-18-23-14-19-7-1-2-9-25(19)34-23/h1-4,7-10,13-16,28H,5-6,11-12,17-18H2,(H,29,31). The van der Waals surface area contributed by atoms with E-state index in [9.17, 15) is 13.2 Å². The molecule has 4 aromatic rings. The maximum absolute atomic E-state index is 13.3. The Morgan fingerprint density at radius 3 is 2.54 bits per heavy atom. The molecule has 2 aromatic carbocycles. The minimum atomic E-state index is -3.71. The highest BCUT2D eigenvalue weighted by molar-refractivity contribution is 7.89. The van der Waals surface area contributed by atoms with E-state index < -0.39 is 10.0 Å². The van der Waals surface area contributed by atoms with Crippen LogP contribution in [0.3, 0.4) is 0 Å². The van der Waals surface area contributed by atoms with Crippen molar-refractivity contribution < 1.29 is 17.6 Å². The van der Waals surface area contributed by atoms with E-state index in [0.29, 0.717) is 36.8 Å². The Balaban J connectivity index is 1.41. The Kier molecular flexibility index (Phi) is 6.52. The molecule has 1 amide bonds. The van der Waals surface area contributed by atoms with Crippen LogP contribution in [0.5, 0.6) is 0 Å². The smallest absolute Gasteiger partial charge is 0.251 e. The lowest BCUT2D eigenvalue weighted by Crippen LogP contribution is -2.29. The van der Waals surface area contributed by atoms with Crippen molar-refractivity contribution in [3.05, 3.63) is 89.9 Å². The number of nitrogens with one attached hydrogen (secondary N) is 2. The lowest BCUT2D eigenvalue weighted by molar-refractivity contribution is 0.0950. The molecule has 8 nitrogen and oxygen atoms in total. The SMILES string of the molecule is O=C(NCc1ccccn1)c1cc(NCc2cc3ccccc3o2)cc(S(=O)(=O)N2CCCC2)c1. The number of carbonyl (C=O) groups excluding carboxylic acids is 1. The van der Waals surface area contributed by atoms with Gasteiger partial charge in [0.25, 0.3) is 5.91 Å². The minimum absolute atomic E-state index is 0.0944. The second kappa shape index (κ2) is 9.89. The van der Waals surface area contributed by atoms with Gasteiger partial charge in [0.15, 0.2) is 0 Å². The summed E-state index contributed by atoms with van der Waals surface area (Å²) in [5, 5.41) is 7.04. The van der Waals surface area contributed by atoms with Crippen LogP contribution in [0.2, 0.25) is 0 Å². The number of hydrogen-bond donors (Lipinski definition) is 2. The molecule has 35 heavy (non-hydrogen) atoms. The van der Waals surface area contributed by atoms with Crippen LogP contribution < -0.4 is 10.6 Å². The van der Waals surface area contributed by atoms with Crippen molar-refractivity contribution in [1.82, 2.24) is 14.6 Å². The number of amides is 1. The van der Waals surface area contributed by atoms with Gasteiger partial charge in [0.05, 0.1) is 23.7 Å². The fourth-order valence-electron chi connectivity index (χ4n) is 4.15. The lowest BCUT2D eigenvalue weighted by Gasteiger charge is -2.17. The van der Waals surface area contributed by atoms with Gasteiger partial charge in [0.1, 0.15) is 11.3 Å².